The van der Waals surface area contributed by atoms with E-state index in [2.05, 4.69) is 5.32 Å². The van der Waals surface area contributed by atoms with Crippen molar-refractivity contribution in [2.24, 2.45) is 0 Å². The van der Waals surface area contributed by atoms with Crippen molar-refractivity contribution in [3.8, 4) is 5.75 Å². The van der Waals surface area contributed by atoms with Gasteiger partial charge >= 0.3 is 0 Å². The number of anilines is 1. The third-order valence-corrected chi connectivity index (χ3v) is 10.1. The molecular formula is C32H37Cl2N3O5S. The van der Waals surface area contributed by atoms with Gasteiger partial charge in [0.2, 0.25) is 11.8 Å². The Kier molecular flexibility index (Phi) is 11.0. The van der Waals surface area contributed by atoms with Crippen LogP contribution in [-0.4, -0.2) is 50.4 Å². The SMILES string of the molecule is CCOc1ccc(S(=O)(=O)N(CC(=O)N(Cc2ccc(Cl)c(Cl)c2)C(C)C(=O)NC2CCCC2)c2ccc(C)cc2)cc1. The van der Waals surface area contributed by atoms with E-state index in [0.717, 1.165) is 35.6 Å². The number of nitrogens with one attached hydrogen (secondary N) is 1. The molecule has 1 atom stereocenters. The minimum atomic E-state index is -4.19. The van der Waals surface area contributed by atoms with Gasteiger partial charge in [0.25, 0.3) is 10.0 Å². The second-order valence-corrected chi connectivity index (χ2v) is 13.4. The molecule has 1 fully saturated rings. The normalized spacial score (nSPS) is 14.3. The third-order valence-electron chi connectivity index (χ3n) is 7.53. The quantitative estimate of drug-likeness (QED) is 0.247. The fourth-order valence-electron chi connectivity index (χ4n) is 5.05. The summed E-state index contributed by atoms with van der Waals surface area (Å²) in [6.07, 6.45) is 3.86. The number of rotatable bonds is 12. The Morgan fingerprint density at radius 3 is 2.23 bits per heavy atom. The van der Waals surface area contributed by atoms with Crippen LogP contribution in [0.25, 0.3) is 0 Å². The maximum atomic E-state index is 14.1. The maximum Gasteiger partial charge on any atom is 0.264 e. The highest BCUT2D eigenvalue weighted by molar-refractivity contribution is 7.92. The molecule has 0 aromatic heterocycles. The van der Waals surface area contributed by atoms with Gasteiger partial charge in [-0.1, -0.05) is 59.8 Å². The number of halogens is 2. The van der Waals surface area contributed by atoms with E-state index >= 15 is 0 Å². The van der Waals surface area contributed by atoms with Crippen molar-refractivity contribution in [2.45, 2.75) is 70.0 Å². The summed E-state index contributed by atoms with van der Waals surface area (Å²) in [5, 5.41) is 3.74. The van der Waals surface area contributed by atoms with Crippen molar-refractivity contribution < 1.29 is 22.7 Å². The summed E-state index contributed by atoms with van der Waals surface area (Å²) in [5.74, 6) is -0.305. The van der Waals surface area contributed by atoms with Crippen LogP contribution in [0.5, 0.6) is 5.75 Å². The number of hydrogen-bond acceptors (Lipinski definition) is 5. The summed E-state index contributed by atoms with van der Waals surface area (Å²) in [4.78, 5) is 28.9. The second-order valence-electron chi connectivity index (χ2n) is 10.7. The minimum absolute atomic E-state index is 0.00684. The second kappa shape index (κ2) is 14.5. The van der Waals surface area contributed by atoms with Gasteiger partial charge in [-0.2, -0.15) is 0 Å². The molecule has 3 aromatic carbocycles. The van der Waals surface area contributed by atoms with E-state index < -0.39 is 28.5 Å². The first-order valence-electron chi connectivity index (χ1n) is 14.4. The van der Waals surface area contributed by atoms with Crippen LogP contribution >= 0.6 is 23.2 Å². The Hall–Kier alpha value is -3.27. The van der Waals surface area contributed by atoms with Gasteiger partial charge < -0.3 is 15.0 Å². The van der Waals surface area contributed by atoms with Gasteiger partial charge in [0, 0.05) is 12.6 Å². The number of carbonyl (C=O) groups excluding carboxylic acids is 2. The molecule has 0 saturated heterocycles. The van der Waals surface area contributed by atoms with Gasteiger partial charge in [-0.25, -0.2) is 8.42 Å². The molecular weight excluding hydrogens is 609 g/mol. The molecule has 1 unspecified atom stereocenters. The van der Waals surface area contributed by atoms with Crippen molar-refractivity contribution in [1.82, 2.24) is 10.2 Å². The van der Waals surface area contributed by atoms with Gasteiger partial charge in [-0.15, -0.1) is 0 Å². The fraction of sp³-hybridized carbons (Fsp3) is 0.375. The molecule has 3 aromatic rings. The Morgan fingerprint density at radius 2 is 1.63 bits per heavy atom. The highest BCUT2D eigenvalue weighted by Crippen LogP contribution is 2.28. The Morgan fingerprint density at radius 1 is 0.977 bits per heavy atom. The zero-order valence-corrected chi connectivity index (χ0v) is 26.9. The van der Waals surface area contributed by atoms with Crippen LogP contribution in [0.15, 0.2) is 71.6 Å². The average molecular weight is 647 g/mol. The summed E-state index contributed by atoms with van der Waals surface area (Å²) in [7, 11) is -4.19. The summed E-state index contributed by atoms with van der Waals surface area (Å²) < 4.78 is 34.6. The van der Waals surface area contributed by atoms with Crippen LogP contribution in [0.2, 0.25) is 10.0 Å². The number of carbonyl (C=O) groups is 2. The van der Waals surface area contributed by atoms with E-state index in [9.17, 15) is 18.0 Å². The fourth-order valence-corrected chi connectivity index (χ4v) is 6.79. The number of sulfonamides is 1. The predicted octanol–water partition coefficient (Wildman–Crippen LogP) is 6.37. The molecule has 8 nitrogen and oxygen atoms in total. The van der Waals surface area contributed by atoms with E-state index in [4.69, 9.17) is 27.9 Å². The lowest BCUT2D eigenvalue weighted by Gasteiger charge is -2.32. The summed E-state index contributed by atoms with van der Waals surface area (Å²) in [6.45, 7) is 5.33. The molecule has 1 N–H and O–H groups in total. The number of amides is 2. The topological polar surface area (TPSA) is 96.0 Å². The standard InChI is InChI=1S/C32H37Cl2N3O5S/c1-4-42-27-14-16-28(17-15-27)43(40,41)37(26-12-9-22(2)10-13-26)21-31(38)36(20-24-11-18-29(33)30(34)19-24)23(3)32(39)35-25-7-5-6-8-25/h9-19,23,25H,4-8,20-21H2,1-3H3,(H,35,39). The predicted molar refractivity (Wildman–Crippen MR) is 170 cm³/mol. The molecule has 11 heteroatoms. The maximum absolute atomic E-state index is 14.1. The van der Waals surface area contributed by atoms with E-state index in [1.165, 1.54) is 17.0 Å². The average Bonchev–Trinajstić information content (AvgIpc) is 3.50. The minimum Gasteiger partial charge on any atom is -0.494 e. The van der Waals surface area contributed by atoms with Crippen molar-refractivity contribution in [3.63, 3.8) is 0 Å². The molecule has 1 saturated carbocycles. The smallest absolute Gasteiger partial charge is 0.264 e. The lowest BCUT2D eigenvalue weighted by Crippen LogP contribution is -2.52. The molecule has 0 spiro atoms. The summed E-state index contributed by atoms with van der Waals surface area (Å²) in [6, 6.07) is 17.1. The number of ether oxygens (including phenoxy) is 1. The Bertz CT molecular complexity index is 1530. The monoisotopic (exact) mass is 645 g/mol. The molecule has 0 bridgehead atoms. The van der Waals surface area contributed by atoms with Crippen LogP contribution in [0.4, 0.5) is 5.69 Å². The van der Waals surface area contributed by atoms with Gasteiger partial charge in [-0.3, -0.25) is 13.9 Å². The van der Waals surface area contributed by atoms with Crippen LogP contribution in [0.1, 0.15) is 50.7 Å². The largest absolute Gasteiger partial charge is 0.494 e. The van der Waals surface area contributed by atoms with Crippen LogP contribution in [0.3, 0.4) is 0 Å². The molecule has 1 aliphatic rings. The number of nitrogens with zero attached hydrogens (tertiary/aromatic N) is 2. The van der Waals surface area contributed by atoms with Crippen molar-refractivity contribution in [1.29, 1.82) is 0 Å². The summed E-state index contributed by atoms with van der Waals surface area (Å²) in [5.41, 5.74) is 1.91. The van der Waals surface area contributed by atoms with E-state index in [0.29, 0.717) is 33.7 Å². The molecule has 0 heterocycles. The number of benzene rings is 3. The lowest BCUT2D eigenvalue weighted by molar-refractivity contribution is -0.139. The van der Waals surface area contributed by atoms with Crippen LogP contribution in [0, 0.1) is 6.92 Å². The van der Waals surface area contributed by atoms with Crippen LogP contribution in [-0.2, 0) is 26.2 Å². The van der Waals surface area contributed by atoms with Crippen LogP contribution < -0.4 is 14.4 Å². The Labute approximate surface area is 264 Å². The number of aryl methyl sites for hydroxylation is 1. The molecule has 0 radical (unpaired) electrons. The Balaban J connectivity index is 1.68. The lowest BCUT2D eigenvalue weighted by atomic mass is 10.1. The summed E-state index contributed by atoms with van der Waals surface area (Å²) >= 11 is 12.4. The van der Waals surface area contributed by atoms with Gasteiger partial charge in [-0.05, 0) is 87.7 Å². The number of hydrogen-bond donors (Lipinski definition) is 1. The zero-order chi connectivity index (χ0) is 31.1. The first kappa shape index (κ1) is 32.6. The van der Waals surface area contributed by atoms with Gasteiger partial charge in [0.15, 0.2) is 0 Å². The van der Waals surface area contributed by atoms with Crippen molar-refractivity contribution in [3.05, 3.63) is 87.9 Å². The van der Waals surface area contributed by atoms with Crippen molar-refractivity contribution in [2.75, 3.05) is 17.5 Å². The molecule has 1 aliphatic carbocycles. The van der Waals surface area contributed by atoms with Crippen molar-refractivity contribution >= 4 is 50.7 Å². The molecule has 43 heavy (non-hydrogen) atoms. The highest BCUT2D eigenvalue weighted by atomic mass is 35.5. The molecule has 2 amide bonds. The molecule has 4 rings (SSSR count). The highest BCUT2D eigenvalue weighted by Gasteiger charge is 2.33. The van der Waals surface area contributed by atoms with E-state index in [1.807, 2.05) is 13.8 Å². The van der Waals surface area contributed by atoms with Gasteiger partial charge in [0.1, 0.15) is 18.3 Å². The first-order valence-corrected chi connectivity index (χ1v) is 16.5. The van der Waals surface area contributed by atoms with E-state index in [1.54, 1.807) is 61.5 Å². The third kappa shape index (κ3) is 8.22. The van der Waals surface area contributed by atoms with E-state index in [-0.39, 0.29) is 23.4 Å². The zero-order valence-electron chi connectivity index (χ0n) is 24.6. The van der Waals surface area contributed by atoms with Gasteiger partial charge in [0.05, 0.1) is 27.2 Å². The first-order chi connectivity index (χ1) is 20.5. The molecule has 0 aliphatic heterocycles. The molecule has 230 valence electrons.